The topological polar surface area (TPSA) is 85.8 Å². The van der Waals surface area contributed by atoms with Crippen LogP contribution >= 0.6 is 0 Å². The standard InChI is InChI=1S/C28H32N4O4/c1-4-20-13-14-24(25(16-20)36-19-34-5-2)27-22-11-7-8-12-23(22)28(31-30-27)29-21-10-9-15-32(17-21)18-26(33)35-6-3/h1,7-8,11-14,16,21H,5-6,9-10,15,17-19H2,2-3H3,(H,29,31)/t21-/m1/s1. The first-order chi connectivity index (χ1) is 17.6. The van der Waals surface area contributed by atoms with Gasteiger partial charge in [-0.25, -0.2) is 0 Å². The van der Waals surface area contributed by atoms with E-state index in [9.17, 15) is 4.79 Å². The highest BCUT2D eigenvalue weighted by molar-refractivity contribution is 6.01. The molecule has 0 bridgehead atoms. The Labute approximate surface area is 211 Å². The number of carbonyl (C=O) groups excluding carboxylic acids is 1. The zero-order valence-electron chi connectivity index (χ0n) is 20.8. The Morgan fingerprint density at radius 3 is 2.78 bits per heavy atom. The summed E-state index contributed by atoms with van der Waals surface area (Å²) in [5.41, 5.74) is 2.21. The number of piperidine rings is 1. The molecule has 0 unspecified atom stereocenters. The molecule has 4 rings (SSSR count). The Morgan fingerprint density at radius 2 is 2.00 bits per heavy atom. The van der Waals surface area contributed by atoms with Crippen LogP contribution in [0.5, 0.6) is 5.75 Å². The minimum Gasteiger partial charge on any atom is -0.467 e. The molecule has 0 radical (unpaired) electrons. The number of ether oxygens (including phenoxy) is 3. The number of benzene rings is 2. The number of hydrogen-bond donors (Lipinski definition) is 1. The Hall–Kier alpha value is -3.67. The molecule has 1 N–H and O–H groups in total. The lowest BCUT2D eigenvalue weighted by Crippen LogP contribution is -2.44. The highest BCUT2D eigenvalue weighted by Gasteiger charge is 2.23. The number of likely N-dealkylation sites (tertiary alicyclic amines) is 1. The molecule has 8 heteroatoms. The fourth-order valence-electron chi connectivity index (χ4n) is 4.42. The van der Waals surface area contributed by atoms with Crippen LogP contribution in [0.1, 0.15) is 32.3 Å². The van der Waals surface area contributed by atoms with Crippen molar-refractivity contribution in [2.75, 3.05) is 45.0 Å². The van der Waals surface area contributed by atoms with Crippen LogP contribution in [0, 0.1) is 12.3 Å². The van der Waals surface area contributed by atoms with E-state index in [1.807, 2.05) is 56.3 Å². The van der Waals surface area contributed by atoms with E-state index >= 15 is 0 Å². The molecule has 188 valence electrons. The molecular formula is C28H32N4O4. The summed E-state index contributed by atoms with van der Waals surface area (Å²) >= 11 is 0. The molecule has 0 amide bonds. The van der Waals surface area contributed by atoms with Gasteiger partial charge in [-0.1, -0.05) is 30.2 Å². The Balaban J connectivity index is 1.61. The van der Waals surface area contributed by atoms with E-state index in [0.29, 0.717) is 36.8 Å². The van der Waals surface area contributed by atoms with Gasteiger partial charge in [0.2, 0.25) is 0 Å². The summed E-state index contributed by atoms with van der Waals surface area (Å²) in [6.07, 6.45) is 7.59. The van der Waals surface area contributed by atoms with Crippen LogP contribution in [0.2, 0.25) is 0 Å². The van der Waals surface area contributed by atoms with E-state index < -0.39 is 0 Å². The Kier molecular flexibility index (Phi) is 8.71. The molecule has 2 heterocycles. The van der Waals surface area contributed by atoms with Gasteiger partial charge in [-0.15, -0.1) is 16.6 Å². The third-order valence-corrected chi connectivity index (χ3v) is 6.10. The maximum atomic E-state index is 11.9. The summed E-state index contributed by atoms with van der Waals surface area (Å²) in [6, 6.07) is 13.8. The third-order valence-electron chi connectivity index (χ3n) is 6.10. The molecule has 0 aliphatic carbocycles. The first-order valence-corrected chi connectivity index (χ1v) is 12.3. The number of nitrogens with one attached hydrogen (secondary N) is 1. The number of terminal acetylenes is 1. The largest absolute Gasteiger partial charge is 0.467 e. The van der Waals surface area contributed by atoms with Crippen LogP contribution in [0.4, 0.5) is 5.82 Å². The molecule has 8 nitrogen and oxygen atoms in total. The summed E-state index contributed by atoms with van der Waals surface area (Å²) in [7, 11) is 0. The smallest absolute Gasteiger partial charge is 0.320 e. The van der Waals surface area contributed by atoms with Gasteiger partial charge < -0.3 is 19.5 Å². The molecule has 1 aliphatic heterocycles. The summed E-state index contributed by atoms with van der Waals surface area (Å²) in [5.74, 6) is 3.78. The number of aromatic nitrogens is 2. The predicted molar refractivity (Wildman–Crippen MR) is 140 cm³/mol. The molecule has 1 saturated heterocycles. The van der Waals surface area contributed by atoms with Gasteiger partial charge >= 0.3 is 5.97 Å². The lowest BCUT2D eigenvalue weighted by atomic mass is 10.0. The van der Waals surface area contributed by atoms with Gasteiger partial charge in [0, 0.05) is 41.1 Å². The second kappa shape index (κ2) is 12.3. The molecule has 0 saturated carbocycles. The average Bonchev–Trinajstić information content (AvgIpc) is 2.89. The van der Waals surface area contributed by atoms with Crippen molar-refractivity contribution in [3.63, 3.8) is 0 Å². The molecular weight excluding hydrogens is 456 g/mol. The quantitative estimate of drug-likeness (QED) is 0.198. The number of esters is 1. The summed E-state index contributed by atoms with van der Waals surface area (Å²) < 4.78 is 16.4. The number of rotatable bonds is 10. The number of anilines is 1. The normalized spacial score (nSPS) is 15.9. The van der Waals surface area contributed by atoms with Crippen LogP contribution in [0.3, 0.4) is 0 Å². The average molecular weight is 489 g/mol. The molecule has 0 spiro atoms. The maximum absolute atomic E-state index is 11.9. The van der Waals surface area contributed by atoms with Crippen LogP contribution < -0.4 is 10.1 Å². The van der Waals surface area contributed by atoms with Gasteiger partial charge in [0.1, 0.15) is 11.4 Å². The zero-order chi connectivity index (χ0) is 25.3. The van der Waals surface area contributed by atoms with Gasteiger partial charge in [0.25, 0.3) is 0 Å². The molecule has 1 fully saturated rings. The van der Waals surface area contributed by atoms with E-state index in [0.717, 1.165) is 48.1 Å². The van der Waals surface area contributed by atoms with Crippen molar-refractivity contribution in [3.8, 4) is 29.4 Å². The molecule has 2 aromatic carbocycles. The van der Waals surface area contributed by atoms with Crippen molar-refractivity contribution >= 4 is 22.6 Å². The number of fused-ring (bicyclic) bond motifs is 1. The lowest BCUT2D eigenvalue weighted by molar-refractivity contribution is -0.144. The number of nitrogens with zero attached hydrogens (tertiary/aromatic N) is 3. The first kappa shape index (κ1) is 25.4. The van der Waals surface area contributed by atoms with E-state index in [-0.39, 0.29) is 18.8 Å². The van der Waals surface area contributed by atoms with Crippen LogP contribution in [-0.2, 0) is 14.3 Å². The summed E-state index contributed by atoms with van der Waals surface area (Å²) in [6.45, 7) is 6.71. The highest BCUT2D eigenvalue weighted by Crippen LogP contribution is 2.36. The minimum absolute atomic E-state index is 0.118. The zero-order valence-corrected chi connectivity index (χ0v) is 20.8. The van der Waals surface area contributed by atoms with Gasteiger partial charge in [0.15, 0.2) is 12.6 Å². The summed E-state index contributed by atoms with van der Waals surface area (Å²) in [4.78, 5) is 14.1. The molecule has 1 aliphatic rings. The molecule has 1 aromatic heterocycles. The van der Waals surface area contributed by atoms with Gasteiger partial charge in [-0.2, -0.15) is 0 Å². The second-order valence-electron chi connectivity index (χ2n) is 8.58. The first-order valence-electron chi connectivity index (χ1n) is 12.3. The van der Waals surface area contributed by atoms with Gasteiger partial charge in [-0.3, -0.25) is 9.69 Å². The highest BCUT2D eigenvalue weighted by atomic mass is 16.7. The van der Waals surface area contributed by atoms with Crippen LogP contribution in [0.25, 0.3) is 22.0 Å². The predicted octanol–water partition coefficient (Wildman–Crippen LogP) is 4.09. The Bertz CT molecular complexity index is 1240. The number of hydrogen-bond acceptors (Lipinski definition) is 8. The van der Waals surface area contributed by atoms with E-state index in [1.54, 1.807) is 0 Å². The second-order valence-corrected chi connectivity index (χ2v) is 8.58. The Morgan fingerprint density at radius 1 is 1.17 bits per heavy atom. The molecule has 3 aromatic rings. The third kappa shape index (κ3) is 6.11. The molecule has 1 atom stereocenters. The number of carbonyl (C=O) groups is 1. The van der Waals surface area contributed by atoms with Crippen molar-refractivity contribution in [3.05, 3.63) is 48.0 Å². The van der Waals surface area contributed by atoms with Crippen molar-refractivity contribution in [1.82, 2.24) is 15.1 Å². The van der Waals surface area contributed by atoms with Crippen molar-refractivity contribution in [2.45, 2.75) is 32.7 Å². The SMILES string of the molecule is C#Cc1ccc(-c2nnc(N[C@@H]3CCCN(CC(=O)OCC)C3)c3ccccc23)c(OCOCC)c1. The lowest BCUT2D eigenvalue weighted by Gasteiger charge is -2.32. The van der Waals surface area contributed by atoms with E-state index in [2.05, 4.69) is 26.3 Å². The molecule has 36 heavy (non-hydrogen) atoms. The van der Waals surface area contributed by atoms with E-state index in [1.165, 1.54) is 0 Å². The fraction of sp³-hybridized carbons (Fsp3) is 0.393. The fourth-order valence-corrected chi connectivity index (χ4v) is 4.42. The van der Waals surface area contributed by atoms with Crippen molar-refractivity contribution in [1.29, 1.82) is 0 Å². The van der Waals surface area contributed by atoms with Crippen LogP contribution in [-0.4, -0.2) is 66.7 Å². The van der Waals surface area contributed by atoms with Crippen molar-refractivity contribution < 1.29 is 19.0 Å². The van der Waals surface area contributed by atoms with Crippen molar-refractivity contribution in [2.24, 2.45) is 0 Å². The van der Waals surface area contributed by atoms with Gasteiger partial charge in [0.05, 0.1) is 13.2 Å². The monoisotopic (exact) mass is 488 g/mol. The van der Waals surface area contributed by atoms with Gasteiger partial charge in [-0.05, 0) is 51.4 Å². The summed E-state index contributed by atoms with van der Waals surface area (Å²) in [5, 5.41) is 14.7. The maximum Gasteiger partial charge on any atom is 0.320 e. The van der Waals surface area contributed by atoms with Crippen LogP contribution in [0.15, 0.2) is 42.5 Å². The minimum atomic E-state index is -0.189. The van der Waals surface area contributed by atoms with E-state index in [4.69, 9.17) is 20.6 Å².